The summed E-state index contributed by atoms with van der Waals surface area (Å²) >= 11 is 5.73. The predicted octanol–water partition coefficient (Wildman–Crippen LogP) is 2.27. The minimum absolute atomic E-state index is 0.00838. The fraction of sp³-hybridized carbons (Fsp3) is 0.429. The fourth-order valence-corrected chi connectivity index (χ4v) is 2.64. The molecule has 7 nitrogen and oxygen atoms in total. The first kappa shape index (κ1) is 16.2. The van der Waals surface area contributed by atoms with Crippen molar-refractivity contribution in [3.63, 3.8) is 0 Å². The summed E-state index contributed by atoms with van der Waals surface area (Å²) in [4.78, 5) is 35.7. The van der Waals surface area contributed by atoms with Crippen LogP contribution in [0.5, 0.6) is 0 Å². The third kappa shape index (κ3) is 3.36. The molecule has 0 radical (unpaired) electrons. The van der Waals surface area contributed by atoms with Crippen LogP contribution in [0.1, 0.15) is 23.2 Å². The smallest absolute Gasteiger partial charge is 0.308 e. The van der Waals surface area contributed by atoms with Gasteiger partial charge in [-0.25, -0.2) is 0 Å². The van der Waals surface area contributed by atoms with Gasteiger partial charge in [-0.1, -0.05) is 11.6 Å². The summed E-state index contributed by atoms with van der Waals surface area (Å²) in [5.41, 5.74) is -0.0791. The highest BCUT2D eigenvalue weighted by Gasteiger charge is 2.29. The number of piperidine rings is 1. The SMILES string of the molecule is COC(=O)C1CCN(C(=O)c2ccc(Cl)c([N+](=O)[O-])c2)CC1. The molecule has 0 saturated carbocycles. The molecule has 1 fully saturated rings. The minimum Gasteiger partial charge on any atom is -0.469 e. The lowest BCUT2D eigenvalue weighted by Crippen LogP contribution is -2.40. The summed E-state index contributed by atoms with van der Waals surface area (Å²) < 4.78 is 4.69. The van der Waals surface area contributed by atoms with Crippen molar-refractivity contribution in [2.45, 2.75) is 12.8 Å². The number of nitrogens with zero attached hydrogens (tertiary/aromatic N) is 2. The lowest BCUT2D eigenvalue weighted by atomic mass is 9.96. The van der Waals surface area contributed by atoms with E-state index in [1.165, 1.54) is 25.3 Å². The summed E-state index contributed by atoms with van der Waals surface area (Å²) in [7, 11) is 1.34. The number of amides is 1. The van der Waals surface area contributed by atoms with E-state index in [0.717, 1.165) is 0 Å². The van der Waals surface area contributed by atoms with Gasteiger partial charge in [0.2, 0.25) is 0 Å². The van der Waals surface area contributed by atoms with Crippen molar-refractivity contribution in [3.05, 3.63) is 38.9 Å². The Labute approximate surface area is 131 Å². The van der Waals surface area contributed by atoms with Crippen LogP contribution in [0, 0.1) is 16.0 Å². The molecule has 8 heteroatoms. The summed E-state index contributed by atoms with van der Waals surface area (Å²) in [6.45, 7) is 0.823. The van der Waals surface area contributed by atoms with Crippen LogP contribution in [0.25, 0.3) is 0 Å². The molecule has 1 saturated heterocycles. The Morgan fingerprint density at radius 3 is 2.55 bits per heavy atom. The van der Waals surface area contributed by atoms with Gasteiger partial charge in [0, 0.05) is 24.7 Å². The number of rotatable bonds is 3. The zero-order valence-electron chi connectivity index (χ0n) is 12.0. The maximum Gasteiger partial charge on any atom is 0.308 e. The lowest BCUT2D eigenvalue weighted by Gasteiger charge is -2.30. The highest BCUT2D eigenvalue weighted by molar-refractivity contribution is 6.32. The molecule has 0 atom stereocenters. The van der Waals surface area contributed by atoms with Gasteiger partial charge in [-0.05, 0) is 25.0 Å². The topological polar surface area (TPSA) is 89.8 Å². The van der Waals surface area contributed by atoms with Crippen LogP contribution in [0.4, 0.5) is 5.69 Å². The molecule has 0 spiro atoms. The van der Waals surface area contributed by atoms with Crippen molar-refractivity contribution in [1.29, 1.82) is 0 Å². The van der Waals surface area contributed by atoms with E-state index in [1.807, 2.05) is 0 Å². The number of carbonyl (C=O) groups is 2. The molecule has 0 bridgehead atoms. The number of nitro groups is 1. The zero-order chi connectivity index (χ0) is 16.3. The molecular weight excluding hydrogens is 312 g/mol. The van der Waals surface area contributed by atoms with Gasteiger partial charge in [0.1, 0.15) is 5.02 Å². The molecule has 0 aliphatic carbocycles. The summed E-state index contributed by atoms with van der Waals surface area (Å²) in [6.07, 6.45) is 1.04. The number of hydrogen-bond acceptors (Lipinski definition) is 5. The molecule has 22 heavy (non-hydrogen) atoms. The van der Waals surface area contributed by atoms with E-state index < -0.39 is 4.92 Å². The summed E-state index contributed by atoms with van der Waals surface area (Å²) in [5.74, 6) is -0.772. The van der Waals surface area contributed by atoms with Crippen molar-refractivity contribution in [2.24, 2.45) is 5.92 Å². The number of carbonyl (C=O) groups excluding carboxylic acids is 2. The van der Waals surface area contributed by atoms with Crippen LogP contribution < -0.4 is 0 Å². The Hall–Kier alpha value is -2.15. The lowest BCUT2D eigenvalue weighted by molar-refractivity contribution is -0.384. The number of esters is 1. The number of ether oxygens (including phenoxy) is 1. The van der Waals surface area contributed by atoms with Crippen LogP contribution in [-0.4, -0.2) is 41.9 Å². The quantitative estimate of drug-likeness (QED) is 0.483. The van der Waals surface area contributed by atoms with Crippen molar-refractivity contribution in [3.8, 4) is 0 Å². The normalized spacial score (nSPS) is 15.5. The van der Waals surface area contributed by atoms with Crippen molar-refractivity contribution in [2.75, 3.05) is 20.2 Å². The maximum absolute atomic E-state index is 12.4. The fourth-order valence-electron chi connectivity index (χ4n) is 2.45. The third-order valence-corrected chi connectivity index (χ3v) is 4.03. The molecule has 1 aliphatic heterocycles. The Kier molecular flexibility index (Phi) is 4.97. The Bertz CT molecular complexity index is 611. The second-order valence-electron chi connectivity index (χ2n) is 5.01. The monoisotopic (exact) mass is 326 g/mol. The van der Waals surface area contributed by atoms with E-state index in [9.17, 15) is 19.7 Å². The van der Waals surface area contributed by atoms with Crippen molar-refractivity contribution < 1.29 is 19.2 Å². The van der Waals surface area contributed by atoms with Crippen molar-refractivity contribution >= 4 is 29.2 Å². The van der Waals surface area contributed by atoms with Crippen LogP contribution in [0.3, 0.4) is 0 Å². The number of halogens is 1. The molecule has 1 aliphatic rings. The third-order valence-electron chi connectivity index (χ3n) is 3.71. The van der Waals surface area contributed by atoms with Gasteiger partial charge in [0.25, 0.3) is 11.6 Å². The Balaban J connectivity index is 2.09. The van der Waals surface area contributed by atoms with Crippen LogP contribution in [0.2, 0.25) is 5.02 Å². The molecule has 1 aromatic carbocycles. The number of methoxy groups -OCH3 is 1. The van der Waals surface area contributed by atoms with Crippen LogP contribution in [-0.2, 0) is 9.53 Å². The van der Waals surface area contributed by atoms with E-state index in [-0.39, 0.29) is 34.1 Å². The maximum atomic E-state index is 12.4. The van der Waals surface area contributed by atoms with Gasteiger partial charge in [-0.2, -0.15) is 0 Å². The Morgan fingerprint density at radius 1 is 1.36 bits per heavy atom. The first-order valence-electron chi connectivity index (χ1n) is 6.75. The van der Waals surface area contributed by atoms with Gasteiger partial charge >= 0.3 is 5.97 Å². The average molecular weight is 327 g/mol. The zero-order valence-corrected chi connectivity index (χ0v) is 12.7. The van der Waals surface area contributed by atoms with Gasteiger partial charge in [0.05, 0.1) is 18.0 Å². The highest BCUT2D eigenvalue weighted by Crippen LogP contribution is 2.27. The highest BCUT2D eigenvalue weighted by atomic mass is 35.5. The van der Waals surface area contributed by atoms with Crippen molar-refractivity contribution in [1.82, 2.24) is 4.90 Å². The van der Waals surface area contributed by atoms with E-state index >= 15 is 0 Å². The second kappa shape index (κ2) is 6.74. The number of benzene rings is 1. The molecule has 118 valence electrons. The minimum atomic E-state index is -0.622. The van der Waals surface area contributed by atoms with Crippen LogP contribution in [0.15, 0.2) is 18.2 Å². The largest absolute Gasteiger partial charge is 0.469 e. The predicted molar refractivity (Wildman–Crippen MR) is 78.7 cm³/mol. The average Bonchev–Trinajstić information content (AvgIpc) is 2.53. The molecule has 0 aromatic heterocycles. The summed E-state index contributed by atoms with van der Waals surface area (Å²) in [5, 5.41) is 10.9. The van der Waals surface area contributed by atoms with E-state index in [2.05, 4.69) is 0 Å². The first-order valence-corrected chi connectivity index (χ1v) is 7.13. The number of hydrogen-bond donors (Lipinski definition) is 0. The van der Waals surface area contributed by atoms with E-state index in [1.54, 1.807) is 4.90 Å². The van der Waals surface area contributed by atoms with Gasteiger partial charge in [0.15, 0.2) is 0 Å². The molecule has 0 N–H and O–H groups in total. The number of likely N-dealkylation sites (tertiary alicyclic amines) is 1. The molecule has 1 heterocycles. The molecule has 0 unspecified atom stereocenters. The van der Waals surface area contributed by atoms with Gasteiger partial charge in [-0.15, -0.1) is 0 Å². The standard InChI is InChI=1S/C14H15ClN2O5/c1-22-14(19)9-4-6-16(7-5-9)13(18)10-2-3-11(15)12(8-10)17(20)21/h2-3,8-9H,4-7H2,1H3. The molecule has 1 aromatic rings. The van der Waals surface area contributed by atoms with Gasteiger partial charge in [-0.3, -0.25) is 19.7 Å². The number of nitro benzene ring substituents is 1. The second-order valence-corrected chi connectivity index (χ2v) is 5.42. The van der Waals surface area contributed by atoms with E-state index in [4.69, 9.17) is 16.3 Å². The van der Waals surface area contributed by atoms with E-state index in [0.29, 0.717) is 25.9 Å². The molecular formula is C14H15ClN2O5. The van der Waals surface area contributed by atoms with Gasteiger partial charge < -0.3 is 9.64 Å². The first-order chi connectivity index (χ1) is 10.4. The van der Waals surface area contributed by atoms with Crippen LogP contribution >= 0.6 is 11.6 Å². The molecule has 2 rings (SSSR count). The molecule has 1 amide bonds. The Morgan fingerprint density at radius 2 is 2.00 bits per heavy atom. The summed E-state index contributed by atoms with van der Waals surface area (Å²) in [6, 6.07) is 3.98.